The highest BCUT2D eigenvalue weighted by Gasteiger charge is 2.30. The molecule has 2 aromatic carbocycles. The maximum Gasteiger partial charge on any atom is 0.240 e. The van der Waals surface area contributed by atoms with E-state index in [2.05, 4.69) is 15.4 Å². The highest BCUT2D eigenvalue weighted by molar-refractivity contribution is 5.91. The molecule has 1 fully saturated rings. The molecule has 1 aliphatic rings. The van der Waals surface area contributed by atoms with E-state index in [0.717, 1.165) is 24.0 Å². The number of hydrogen-bond acceptors (Lipinski definition) is 4. The molecule has 5 nitrogen and oxygen atoms in total. The van der Waals surface area contributed by atoms with Crippen molar-refractivity contribution in [1.82, 2.24) is 10.1 Å². The molecule has 0 spiro atoms. The molecule has 0 radical (unpaired) electrons. The summed E-state index contributed by atoms with van der Waals surface area (Å²) >= 11 is 0. The lowest BCUT2D eigenvalue weighted by molar-refractivity contribution is -0.117. The number of rotatable bonds is 7. The second-order valence-electron chi connectivity index (χ2n) is 7.25. The fourth-order valence-electron chi connectivity index (χ4n) is 3.13. The van der Waals surface area contributed by atoms with E-state index in [1.807, 2.05) is 31.2 Å². The molecule has 0 bridgehead atoms. The molecule has 4 rings (SSSR count). The molecule has 0 saturated heterocycles. The molecule has 6 heteroatoms. The Morgan fingerprint density at radius 1 is 1.18 bits per heavy atom. The van der Waals surface area contributed by atoms with Crippen LogP contribution >= 0.6 is 0 Å². The number of benzene rings is 2. The molecule has 1 saturated carbocycles. The number of carbonyl (C=O) groups excluding carboxylic acids is 1. The van der Waals surface area contributed by atoms with Crippen molar-refractivity contribution in [3.63, 3.8) is 0 Å². The lowest BCUT2D eigenvalue weighted by Crippen LogP contribution is -2.34. The molecule has 3 aromatic rings. The second kappa shape index (κ2) is 7.94. The Bertz CT molecular complexity index is 947. The summed E-state index contributed by atoms with van der Waals surface area (Å²) in [5.41, 5.74) is 3.77. The van der Waals surface area contributed by atoms with Gasteiger partial charge in [0.2, 0.25) is 11.8 Å². The van der Waals surface area contributed by atoms with E-state index in [9.17, 15) is 9.18 Å². The summed E-state index contributed by atoms with van der Waals surface area (Å²) in [5, 5.41) is 6.81. The third kappa shape index (κ3) is 4.64. The van der Waals surface area contributed by atoms with Crippen LogP contribution in [0.25, 0.3) is 11.3 Å². The van der Waals surface area contributed by atoms with Crippen molar-refractivity contribution in [3.8, 4) is 11.3 Å². The van der Waals surface area contributed by atoms with Crippen LogP contribution in [0.15, 0.2) is 59.1 Å². The molecule has 1 heterocycles. The zero-order chi connectivity index (χ0) is 19.5. The average Bonchev–Trinajstić information content (AvgIpc) is 3.43. The Labute approximate surface area is 163 Å². The number of aryl methyl sites for hydroxylation is 1. The Hall–Kier alpha value is -2.99. The summed E-state index contributed by atoms with van der Waals surface area (Å²) in [6, 6.07) is 16.5. The summed E-state index contributed by atoms with van der Waals surface area (Å²) in [6.07, 6.45) is 2.16. The van der Waals surface area contributed by atoms with Gasteiger partial charge in [0.15, 0.2) is 0 Å². The van der Waals surface area contributed by atoms with Gasteiger partial charge in [0, 0.05) is 24.2 Å². The third-order valence-corrected chi connectivity index (χ3v) is 4.83. The first-order valence-corrected chi connectivity index (χ1v) is 9.39. The Kier molecular flexibility index (Phi) is 5.21. The SMILES string of the molecule is Cc1ccc(-c2cc(NC(=O)CN(Cc3ccc(F)cc3)C3CC3)on2)cc1. The van der Waals surface area contributed by atoms with E-state index < -0.39 is 0 Å². The van der Waals surface area contributed by atoms with Gasteiger partial charge in [-0.2, -0.15) is 0 Å². The minimum Gasteiger partial charge on any atom is -0.338 e. The fraction of sp³-hybridized carbons (Fsp3) is 0.273. The molecule has 144 valence electrons. The van der Waals surface area contributed by atoms with Crippen molar-refractivity contribution in [2.75, 3.05) is 11.9 Å². The first kappa shape index (κ1) is 18.4. The summed E-state index contributed by atoms with van der Waals surface area (Å²) in [5.74, 6) is -0.0760. The van der Waals surface area contributed by atoms with Gasteiger partial charge in [-0.25, -0.2) is 4.39 Å². The van der Waals surface area contributed by atoms with Gasteiger partial charge >= 0.3 is 0 Å². The van der Waals surface area contributed by atoms with Crippen LogP contribution in [0.3, 0.4) is 0 Å². The average molecular weight is 379 g/mol. The summed E-state index contributed by atoms with van der Waals surface area (Å²) in [4.78, 5) is 14.6. The molecule has 1 amide bonds. The van der Waals surface area contributed by atoms with Crippen LogP contribution in [0.4, 0.5) is 10.3 Å². The van der Waals surface area contributed by atoms with E-state index in [-0.39, 0.29) is 18.3 Å². The van der Waals surface area contributed by atoms with Crippen molar-refractivity contribution < 1.29 is 13.7 Å². The van der Waals surface area contributed by atoms with E-state index in [4.69, 9.17) is 4.52 Å². The minimum atomic E-state index is -0.255. The predicted molar refractivity (Wildman–Crippen MR) is 105 cm³/mol. The first-order chi connectivity index (χ1) is 13.6. The van der Waals surface area contributed by atoms with Crippen molar-refractivity contribution >= 4 is 11.8 Å². The van der Waals surface area contributed by atoms with Crippen LogP contribution in [-0.4, -0.2) is 28.6 Å². The van der Waals surface area contributed by atoms with Gasteiger partial charge in [0.25, 0.3) is 0 Å². The highest BCUT2D eigenvalue weighted by atomic mass is 19.1. The molecule has 28 heavy (non-hydrogen) atoms. The minimum absolute atomic E-state index is 0.152. The smallest absolute Gasteiger partial charge is 0.240 e. The van der Waals surface area contributed by atoms with Gasteiger partial charge in [-0.15, -0.1) is 0 Å². The van der Waals surface area contributed by atoms with Crippen LogP contribution < -0.4 is 5.32 Å². The first-order valence-electron chi connectivity index (χ1n) is 9.39. The zero-order valence-corrected chi connectivity index (χ0v) is 15.7. The molecule has 1 aliphatic carbocycles. The van der Waals surface area contributed by atoms with Crippen molar-refractivity contribution in [1.29, 1.82) is 0 Å². The van der Waals surface area contributed by atoms with Crippen LogP contribution in [0, 0.1) is 12.7 Å². The summed E-state index contributed by atoms with van der Waals surface area (Å²) in [6.45, 7) is 2.89. The maximum atomic E-state index is 13.1. The number of aromatic nitrogens is 1. The number of amides is 1. The fourth-order valence-corrected chi connectivity index (χ4v) is 3.13. The largest absolute Gasteiger partial charge is 0.338 e. The summed E-state index contributed by atoms with van der Waals surface area (Å²) < 4.78 is 18.4. The van der Waals surface area contributed by atoms with Gasteiger partial charge in [0.05, 0.1) is 6.54 Å². The number of anilines is 1. The van der Waals surface area contributed by atoms with Crippen LogP contribution in [0.2, 0.25) is 0 Å². The molecule has 1 N–H and O–H groups in total. The number of nitrogens with zero attached hydrogens (tertiary/aromatic N) is 2. The van der Waals surface area contributed by atoms with Crippen LogP contribution in [-0.2, 0) is 11.3 Å². The molecular formula is C22H22FN3O2. The van der Waals surface area contributed by atoms with Crippen molar-refractivity contribution in [2.24, 2.45) is 0 Å². The summed E-state index contributed by atoms with van der Waals surface area (Å²) in [7, 11) is 0. The zero-order valence-electron chi connectivity index (χ0n) is 15.7. The molecule has 1 aromatic heterocycles. The third-order valence-electron chi connectivity index (χ3n) is 4.83. The van der Waals surface area contributed by atoms with E-state index >= 15 is 0 Å². The van der Waals surface area contributed by atoms with E-state index in [1.165, 1.54) is 17.7 Å². The normalized spacial score (nSPS) is 13.7. The molecular weight excluding hydrogens is 357 g/mol. The van der Waals surface area contributed by atoms with Gasteiger partial charge in [-0.1, -0.05) is 47.1 Å². The lowest BCUT2D eigenvalue weighted by Gasteiger charge is -2.21. The molecule has 0 aliphatic heterocycles. The van der Waals surface area contributed by atoms with Crippen LogP contribution in [0.1, 0.15) is 24.0 Å². The molecule has 0 unspecified atom stereocenters. The standard InChI is InChI=1S/C22H22FN3O2/c1-15-2-6-17(7-3-15)20-12-22(28-25-20)24-21(27)14-26(19-10-11-19)13-16-4-8-18(23)9-5-16/h2-9,12,19H,10-11,13-14H2,1H3,(H,24,27). The maximum absolute atomic E-state index is 13.1. The predicted octanol–water partition coefficient (Wildman–Crippen LogP) is 4.39. The number of hydrogen-bond donors (Lipinski definition) is 1. The monoisotopic (exact) mass is 379 g/mol. The number of nitrogens with one attached hydrogen (secondary N) is 1. The van der Waals surface area contributed by atoms with Gasteiger partial charge < -0.3 is 4.52 Å². The van der Waals surface area contributed by atoms with Crippen LogP contribution in [0.5, 0.6) is 0 Å². The van der Waals surface area contributed by atoms with Gasteiger partial charge in [-0.3, -0.25) is 15.0 Å². The lowest BCUT2D eigenvalue weighted by atomic mass is 10.1. The number of carbonyl (C=O) groups is 1. The topological polar surface area (TPSA) is 58.4 Å². The Morgan fingerprint density at radius 2 is 1.89 bits per heavy atom. The Balaban J connectivity index is 1.37. The molecule has 0 atom stereocenters. The quantitative estimate of drug-likeness (QED) is 0.661. The van der Waals surface area contributed by atoms with Gasteiger partial charge in [0.1, 0.15) is 11.5 Å². The van der Waals surface area contributed by atoms with Gasteiger partial charge in [-0.05, 0) is 37.5 Å². The van der Waals surface area contributed by atoms with E-state index in [1.54, 1.807) is 18.2 Å². The highest BCUT2D eigenvalue weighted by Crippen LogP contribution is 2.28. The van der Waals surface area contributed by atoms with Crippen molar-refractivity contribution in [2.45, 2.75) is 32.4 Å². The Morgan fingerprint density at radius 3 is 2.57 bits per heavy atom. The number of halogens is 1. The second-order valence-corrected chi connectivity index (χ2v) is 7.25. The van der Waals surface area contributed by atoms with E-state index in [0.29, 0.717) is 24.2 Å². The van der Waals surface area contributed by atoms with Crippen molar-refractivity contribution in [3.05, 3.63) is 71.5 Å².